The molecule has 0 unspecified atom stereocenters. The molecule has 1 N–H and O–H groups in total. The Balaban J connectivity index is 1.95. The SMILES string of the molecule is COc1ccc2[nH]cc([C@H](C#N)N3CCN(C)CC3)c2c1. The third-order valence-corrected chi connectivity index (χ3v) is 4.24. The molecule has 0 saturated carbocycles. The van der Waals surface area contributed by atoms with Gasteiger partial charge in [-0.3, -0.25) is 4.90 Å². The molecule has 2 heterocycles. The molecule has 110 valence electrons. The van der Waals surface area contributed by atoms with E-state index in [4.69, 9.17) is 4.74 Å². The Morgan fingerprint density at radius 2 is 2.05 bits per heavy atom. The number of aromatic amines is 1. The maximum Gasteiger partial charge on any atom is 0.126 e. The molecule has 0 amide bonds. The number of rotatable bonds is 3. The van der Waals surface area contributed by atoms with Crippen LogP contribution in [-0.2, 0) is 0 Å². The van der Waals surface area contributed by atoms with Gasteiger partial charge >= 0.3 is 0 Å². The Morgan fingerprint density at radius 3 is 2.71 bits per heavy atom. The van der Waals surface area contributed by atoms with Crippen molar-refractivity contribution in [3.8, 4) is 11.8 Å². The van der Waals surface area contributed by atoms with Crippen molar-refractivity contribution in [2.75, 3.05) is 40.3 Å². The van der Waals surface area contributed by atoms with Gasteiger partial charge in [0.15, 0.2) is 0 Å². The number of piperazine rings is 1. The van der Waals surface area contributed by atoms with E-state index >= 15 is 0 Å². The van der Waals surface area contributed by atoms with Crippen LogP contribution in [0.1, 0.15) is 11.6 Å². The van der Waals surface area contributed by atoms with Crippen molar-refractivity contribution >= 4 is 10.9 Å². The zero-order valence-corrected chi connectivity index (χ0v) is 12.5. The molecule has 0 radical (unpaired) electrons. The number of H-pyrrole nitrogens is 1. The van der Waals surface area contributed by atoms with Gasteiger partial charge in [0.25, 0.3) is 0 Å². The summed E-state index contributed by atoms with van der Waals surface area (Å²) in [6.45, 7) is 3.85. The van der Waals surface area contributed by atoms with E-state index in [0.29, 0.717) is 0 Å². The molecule has 5 heteroatoms. The third-order valence-electron chi connectivity index (χ3n) is 4.24. The van der Waals surface area contributed by atoms with Crippen molar-refractivity contribution in [3.63, 3.8) is 0 Å². The highest BCUT2D eigenvalue weighted by molar-refractivity contribution is 5.85. The van der Waals surface area contributed by atoms with Crippen molar-refractivity contribution in [2.45, 2.75) is 6.04 Å². The number of aromatic nitrogens is 1. The molecule has 0 aliphatic carbocycles. The maximum atomic E-state index is 9.65. The summed E-state index contributed by atoms with van der Waals surface area (Å²) in [5, 5.41) is 10.7. The average Bonchev–Trinajstić information content (AvgIpc) is 2.93. The minimum atomic E-state index is -0.209. The average molecular weight is 284 g/mol. The summed E-state index contributed by atoms with van der Waals surface area (Å²) in [5.41, 5.74) is 2.08. The van der Waals surface area contributed by atoms with Crippen molar-refractivity contribution in [3.05, 3.63) is 30.0 Å². The van der Waals surface area contributed by atoms with Crippen molar-refractivity contribution in [2.24, 2.45) is 0 Å². The van der Waals surface area contributed by atoms with Crippen LogP contribution in [0.4, 0.5) is 0 Å². The molecule has 0 spiro atoms. The number of nitrogens with one attached hydrogen (secondary N) is 1. The largest absolute Gasteiger partial charge is 0.497 e. The molecule has 1 fully saturated rings. The quantitative estimate of drug-likeness (QED) is 0.936. The molecule has 0 bridgehead atoms. The van der Waals surface area contributed by atoms with Crippen LogP contribution < -0.4 is 4.74 Å². The van der Waals surface area contributed by atoms with Crippen LogP contribution in [0.5, 0.6) is 5.75 Å². The zero-order valence-electron chi connectivity index (χ0n) is 12.5. The number of methoxy groups -OCH3 is 1. The van der Waals surface area contributed by atoms with Gasteiger partial charge in [0, 0.05) is 48.8 Å². The molecule has 1 saturated heterocycles. The summed E-state index contributed by atoms with van der Waals surface area (Å²) >= 11 is 0. The second kappa shape index (κ2) is 5.76. The summed E-state index contributed by atoms with van der Waals surface area (Å²) in [6, 6.07) is 8.18. The first-order chi connectivity index (χ1) is 10.2. The molecule has 1 aliphatic rings. The molecule has 1 aliphatic heterocycles. The van der Waals surface area contributed by atoms with Crippen LogP contribution in [0.15, 0.2) is 24.4 Å². The minimum absolute atomic E-state index is 0.209. The third kappa shape index (κ3) is 2.60. The van der Waals surface area contributed by atoms with Gasteiger partial charge < -0.3 is 14.6 Å². The Hall–Kier alpha value is -2.03. The smallest absolute Gasteiger partial charge is 0.126 e. The molecular weight excluding hydrogens is 264 g/mol. The molecule has 2 aromatic rings. The summed E-state index contributed by atoms with van der Waals surface area (Å²) < 4.78 is 5.30. The van der Waals surface area contributed by atoms with Crippen molar-refractivity contribution in [1.82, 2.24) is 14.8 Å². The second-order valence-electron chi connectivity index (χ2n) is 5.53. The predicted molar refractivity (Wildman–Crippen MR) is 82.3 cm³/mol. The van der Waals surface area contributed by atoms with E-state index in [0.717, 1.165) is 48.4 Å². The van der Waals surface area contributed by atoms with Crippen molar-refractivity contribution in [1.29, 1.82) is 5.26 Å². The topological polar surface area (TPSA) is 55.3 Å². The summed E-state index contributed by atoms with van der Waals surface area (Å²) in [4.78, 5) is 7.81. The molecular formula is C16H20N4O. The fourth-order valence-corrected chi connectivity index (χ4v) is 2.90. The molecule has 1 aromatic heterocycles. The fourth-order valence-electron chi connectivity index (χ4n) is 2.90. The van der Waals surface area contributed by atoms with Crippen LogP contribution >= 0.6 is 0 Å². The number of likely N-dealkylation sites (N-methyl/N-ethyl adjacent to an activating group) is 1. The number of nitriles is 1. The lowest BCUT2D eigenvalue weighted by molar-refractivity contribution is 0.133. The fraction of sp³-hybridized carbons (Fsp3) is 0.438. The van der Waals surface area contributed by atoms with Crippen LogP contribution in [0.2, 0.25) is 0 Å². The lowest BCUT2D eigenvalue weighted by atomic mass is 10.0. The minimum Gasteiger partial charge on any atom is -0.497 e. The highest BCUT2D eigenvalue weighted by atomic mass is 16.5. The monoisotopic (exact) mass is 284 g/mol. The standard InChI is InChI=1S/C16H20N4O/c1-19-5-7-20(8-6-19)16(10-17)14-11-18-15-4-3-12(21-2)9-13(14)15/h3-4,9,11,16,18H,5-8H2,1-2H3/t16-/m0/s1. The van der Waals surface area contributed by atoms with E-state index < -0.39 is 0 Å². The van der Waals surface area contributed by atoms with E-state index in [-0.39, 0.29) is 6.04 Å². The summed E-state index contributed by atoms with van der Waals surface area (Å²) in [6.07, 6.45) is 1.95. The van der Waals surface area contributed by atoms with Crippen LogP contribution in [0, 0.1) is 11.3 Å². The Labute approximate surface area is 124 Å². The van der Waals surface area contributed by atoms with E-state index in [9.17, 15) is 5.26 Å². The van der Waals surface area contributed by atoms with Gasteiger partial charge in [0.1, 0.15) is 11.8 Å². The summed E-state index contributed by atoms with van der Waals surface area (Å²) in [7, 11) is 3.78. The van der Waals surface area contributed by atoms with Gasteiger partial charge in [-0.15, -0.1) is 0 Å². The van der Waals surface area contributed by atoms with E-state index in [1.807, 2.05) is 24.4 Å². The van der Waals surface area contributed by atoms with Crippen molar-refractivity contribution < 1.29 is 4.74 Å². The van der Waals surface area contributed by atoms with E-state index in [1.54, 1.807) is 7.11 Å². The first-order valence-corrected chi connectivity index (χ1v) is 7.20. The number of hydrogen-bond donors (Lipinski definition) is 1. The van der Waals surface area contributed by atoms with Gasteiger partial charge in [0.2, 0.25) is 0 Å². The molecule has 21 heavy (non-hydrogen) atoms. The van der Waals surface area contributed by atoms with Gasteiger partial charge in [0.05, 0.1) is 13.2 Å². The number of ether oxygens (including phenoxy) is 1. The lowest BCUT2D eigenvalue weighted by Gasteiger charge is -2.35. The van der Waals surface area contributed by atoms with Gasteiger partial charge in [-0.05, 0) is 25.2 Å². The Bertz CT molecular complexity index is 664. The Morgan fingerprint density at radius 1 is 1.29 bits per heavy atom. The van der Waals surface area contributed by atoms with Gasteiger partial charge in [-0.1, -0.05) is 0 Å². The number of nitrogens with zero attached hydrogens (tertiary/aromatic N) is 3. The van der Waals surface area contributed by atoms with Crippen LogP contribution in [0.25, 0.3) is 10.9 Å². The first kappa shape index (κ1) is 13.9. The zero-order chi connectivity index (χ0) is 14.8. The van der Waals surface area contributed by atoms with E-state index in [2.05, 4.69) is 27.9 Å². The number of benzene rings is 1. The first-order valence-electron chi connectivity index (χ1n) is 7.20. The molecule has 1 atom stereocenters. The van der Waals surface area contributed by atoms with E-state index in [1.165, 1.54) is 0 Å². The normalized spacial score (nSPS) is 18.5. The number of hydrogen-bond acceptors (Lipinski definition) is 4. The highest BCUT2D eigenvalue weighted by Gasteiger charge is 2.25. The maximum absolute atomic E-state index is 9.65. The van der Waals surface area contributed by atoms with Crippen LogP contribution in [0.3, 0.4) is 0 Å². The molecule has 1 aromatic carbocycles. The lowest BCUT2D eigenvalue weighted by Crippen LogP contribution is -2.45. The second-order valence-corrected chi connectivity index (χ2v) is 5.53. The van der Waals surface area contributed by atoms with Gasteiger partial charge in [-0.2, -0.15) is 5.26 Å². The molecule has 5 nitrogen and oxygen atoms in total. The Kier molecular flexibility index (Phi) is 3.82. The predicted octanol–water partition coefficient (Wildman–Crippen LogP) is 1.99. The highest BCUT2D eigenvalue weighted by Crippen LogP contribution is 2.31. The molecule has 3 rings (SSSR count). The van der Waals surface area contributed by atoms with Gasteiger partial charge in [-0.25, -0.2) is 0 Å². The number of fused-ring (bicyclic) bond motifs is 1. The summed E-state index contributed by atoms with van der Waals surface area (Å²) in [5.74, 6) is 0.818. The van der Waals surface area contributed by atoms with Crippen LogP contribution in [-0.4, -0.2) is 55.1 Å².